The van der Waals surface area contributed by atoms with Crippen LogP contribution in [0.4, 0.5) is 0 Å². The highest BCUT2D eigenvalue weighted by molar-refractivity contribution is 7.59. The third-order valence-electron chi connectivity index (χ3n) is 0.673. The molecule has 0 radical (unpaired) electrons. The van der Waals surface area contributed by atoms with Gasteiger partial charge in [0.05, 0.1) is 6.61 Å². The van der Waals surface area contributed by atoms with Gasteiger partial charge in [0.2, 0.25) is 0 Å². The number of esters is 1. The lowest BCUT2D eigenvalue weighted by molar-refractivity contribution is -0.139. The van der Waals surface area contributed by atoms with Gasteiger partial charge in [-0.05, 0) is 6.92 Å². The molecule has 10 heavy (non-hydrogen) atoms. The number of ether oxygens (including phenoxy) is 1. The highest BCUT2D eigenvalue weighted by Gasteiger charge is 1.99. The van der Waals surface area contributed by atoms with Gasteiger partial charge in [0, 0.05) is 5.57 Å². The summed E-state index contributed by atoms with van der Waals surface area (Å²) < 4.78 is 4.46. The van der Waals surface area contributed by atoms with Crippen LogP contribution in [0.5, 0.6) is 0 Å². The van der Waals surface area contributed by atoms with E-state index in [1.165, 1.54) is 0 Å². The fourth-order valence-corrected chi connectivity index (χ4v) is 0.262. The summed E-state index contributed by atoms with van der Waals surface area (Å²) in [6.07, 6.45) is 0. The van der Waals surface area contributed by atoms with Crippen LogP contribution in [-0.4, -0.2) is 24.3 Å². The molecule has 0 aromatic heterocycles. The van der Waals surface area contributed by atoms with Gasteiger partial charge in [-0.1, -0.05) is 6.58 Å². The fourth-order valence-electron chi connectivity index (χ4n) is 0.262. The first-order valence-electron chi connectivity index (χ1n) is 2.62. The molecule has 0 amide bonds. The number of carbonyl (C=O) groups excluding carboxylic acids is 1. The van der Waals surface area contributed by atoms with Crippen molar-refractivity contribution in [1.29, 1.82) is 0 Å². The second-order valence-corrected chi connectivity index (χ2v) is 1.64. The second-order valence-electron chi connectivity index (χ2n) is 1.64. The molecule has 0 aromatic carbocycles. The summed E-state index contributed by atoms with van der Waals surface area (Å²) in [6.45, 7) is 4.81. The first kappa shape index (κ1) is 12.2. The molecular weight excluding hydrogens is 152 g/mol. The summed E-state index contributed by atoms with van der Waals surface area (Å²) in [6, 6.07) is 0. The maximum absolute atomic E-state index is 10.5. The predicted octanol–water partition coefficient (Wildman–Crippen LogP) is 0.211. The Morgan fingerprint density at radius 2 is 2.20 bits per heavy atom. The quantitative estimate of drug-likeness (QED) is 0.479. The van der Waals surface area contributed by atoms with Gasteiger partial charge in [-0.2, -0.15) is 13.5 Å². The minimum atomic E-state index is -0.455. The second kappa shape index (κ2) is 6.64. The van der Waals surface area contributed by atoms with Crippen LogP contribution in [0.15, 0.2) is 12.2 Å². The van der Waals surface area contributed by atoms with E-state index in [9.17, 15) is 4.79 Å². The Morgan fingerprint density at radius 3 is 2.50 bits per heavy atom. The zero-order valence-electron chi connectivity index (χ0n) is 5.89. The van der Waals surface area contributed by atoms with Crippen molar-refractivity contribution in [2.75, 3.05) is 13.2 Å². The first-order valence-corrected chi connectivity index (χ1v) is 2.62. The molecule has 4 heteroatoms. The van der Waals surface area contributed by atoms with Crippen molar-refractivity contribution in [3.63, 3.8) is 0 Å². The maximum Gasteiger partial charge on any atom is 0.333 e. The lowest BCUT2D eigenvalue weighted by atomic mass is 10.4. The van der Waals surface area contributed by atoms with Gasteiger partial charge in [-0.3, -0.25) is 0 Å². The molecule has 0 heterocycles. The van der Waals surface area contributed by atoms with E-state index in [4.69, 9.17) is 5.11 Å². The molecule has 0 spiro atoms. The van der Waals surface area contributed by atoms with E-state index in [-0.39, 0.29) is 26.7 Å². The molecule has 1 N–H and O–H groups in total. The Morgan fingerprint density at radius 1 is 1.70 bits per heavy atom. The highest BCUT2D eigenvalue weighted by atomic mass is 32.1. The minimum Gasteiger partial charge on any atom is -0.460 e. The predicted molar refractivity (Wildman–Crippen MR) is 43.2 cm³/mol. The molecule has 0 unspecified atom stereocenters. The summed E-state index contributed by atoms with van der Waals surface area (Å²) in [5.41, 5.74) is 0.350. The molecule has 0 aliphatic heterocycles. The average Bonchev–Trinajstić information content (AvgIpc) is 1.82. The molecule has 0 aromatic rings. The molecular formula is C6H12O3S. The van der Waals surface area contributed by atoms with Gasteiger partial charge in [0.15, 0.2) is 0 Å². The van der Waals surface area contributed by atoms with Crippen molar-refractivity contribution in [3.05, 3.63) is 12.2 Å². The van der Waals surface area contributed by atoms with Gasteiger partial charge in [0.1, 0.15) is 6.61 Å². The van der Waals surface area contributed by atoms with Crippen molar-refractivity contribution in [2.45, 2.75) is 6.92 Å². The number of carbonyl (C=O) groups is 1. The number of aliphatic hydroxyl groups is 1. The van der Waals surface area contributed by atoms with E-state index in [0.29, 0.717) is 5.57 Å². The number of hydrogen-bond acceptors (Lipinski definition) is 3. The SMILES string of the molecule is C=C(C)C(=O)OCCO.S. The summed E-state index contributed by atoms with van der Waals surface area (Å²) >= 11 is 0. The van der Waals surface area contributed by atoms with Crippen molar-refractivity contribution >= 4 is 19.5 Å². The molecule has 0 bridgehead atoms. The minimum absolute atomic E-state index is 0. The van der Waals surface area contributed by atoms with Crippen LogP contribution in [0.1, 0.15) is 6.92 Å². The van der Waals surface area contributed by atoms with Gasteiger partial charge < -0.3 is 9.84 Å². The Kier molecular flexibility index (Phi) is 8.11. The zero-order valence-corrected chi connectivity index (χ0v) is 6.89. The Hall–Kier alpha value is -0.480. The van der Waals surface area contributed by atoms with E-state index in [1.54, 1.807) is 6.92 Å². The van der Waals surface area contributed by atoms with Crippen molar-refractivity contribution in [1.82, 2.24) is 0 Å². The average molecular weight is 164 g/mol. The lowest BCUT2D eigenvalue weighted by Gasteiger charge is -1.99. The van der Waals surface area contributed by atoms with Crippen LogP contribution in [0, 0.1) is 0 Å². The zero-order chi connectivity index (χ0) is 7.28. The molecule has 0 saturated carbocycles. The largest absolute Gasteiger partial charge is 0.460 e. The summed E-state index contributed by atoms with van der Waals surface area (Å²) in [4.78, 5) is 10.5. The smallest absolute Gasteiger partial charge is 0.333 e. The molecule has 0 atom stereocenters. The third-order valence-corrected chi connectivity index (χ3v) is 0.673. The fraction of sp³-hybridized carbons (Fsp3) is 0.500. The van der Waals surface area contributed by atoms with E-state index >= 15 is 0 Å². The van der Waals surface area contributed by atoms with Gasteiger partial charge in [-0.15, -0.1) is 0 Å². The lowest BCUT2D eigenvalue weighted by Crippen LogP contribution is -2.08. The van der Waals surface area contributed by atoms with Crippen LogP contribution in [0.3, 0.4) is 0 Å². The van der Waals surface area contributed by atoms with Crippen LogP contribution >= 0.6 is 13.5 Å². The normalized spacial score (nSPS) is 7.80. The van der Waals surface area contributed by atoms with Crippen molar-refractivity contribution in [2.24, 2.45) is 0 Å². The summed E-state index contributed by atoms with van der Waals surface area (Å²) in [5.74, 6) is -0.455. The van der Waals surface area contributed by atoms with Crippen LogP contribution in [0.2, 0.25) is 0 Å². The van der Waals surface area contributed by atoms with Gasteiger partial charge in [-0.25, -0.2) is 4.79 Å². The Balaban J connectivity index is 0. The van der Waals surface area contributed by atoms with Crippen molar-refractivity contribution in [3.8, 4) is 0 Å². The molecule has 0 saturated heterocycles. The summed E-state index contributed by atoms with van der Waals surface area (Å²) in [7, 11) is 0. The summed E-state index contributed by atoms with van der Waals surface area (Å²) in [5, 5.41) is 8.19. The number of aliphatic hydroxyl groups excluding tert-OH is 1. The monoisotopic (exact) mass is 164 g/mol. The van der Waals surface area contributed by atoms with Crippen LogP contribution in [-0.2, 0) is 9.53 Å². The number of rotatable bonds is 3. The topological polar surface area (TPSA) is 46.5 Å². The molecule has 60 valence electrons. The first-order chi connectivity index (χ1) is 4.18. The highest BCUT2D eigenvalue weighted by Crippen LogP contribution is 1.89. The molecule has 0 aliphatic carbocycles. The molecule has 0 aliphatic rings. The van der Waals surface area contributed by atoms with Crippen LogP contribution in [0.25, 0.3) is 0 Å². The number of hydrogen-bond donors (Lipinski definition) is 1. The third kappa shape index (κ3) is 5.65. The van der Waals surface area contributed by atoms with E-state index in [0.717, 1.165) is 0 Å². The molecule has 0 rings (SSSR count). The maximum atomic E-state index is 10.5. The van der Waals surface area contributed by atoms with E-state index in [1.807, 2.05) is 0 Å². The van der Waals surface area contributed by atoms with Crippen molar-refractivity contribution < 1.29 is 14.6 Å². The standard InChI is InChI=1S/C6H10O3.H2S/c1-5(2)6(8)9-4-3-7;/h7H,1,3-4H2,2H3;1H2. The van der Waals surface area contributed by atoms with Crippen LogP contribution < -0.4 is 0 Å². The van der Waals surface area contributed by atoms with E-state index in [2.05, 4.69) is 11.3 Å². The van der Waals surface area contributed by atoms with Gasteiger partial charge in [0.25, 0.3) is 0 Å². The van der Waals surface area contributed by atoms with Gasteiger partial charge >= 0.3 is 5.97 Å². The Labute approximate surface area is 67.1 Å². The molecule has 3 nitrogen and oxygen atoms in total. The molecule has 0 fully saturated rings. The Bertz CT molecular complexity index is 122. The van der Waals surface area contributed by atoms with E-state index < -0.39 is 5.97 Å².